The SMILES string of the molecule is [C]1C=NC2CC=CC3(CC2C1)OCCO3. The van der Waals surface area contributed by atoms with E-state index in [2.05, 4.69) is 23.6 Å². The Morgan fingerprint density at radius 2 is 2.20 bits per heavy atom. The highest BCUT2D eigenvalue weighted by molar-refractivity contribution is 5.68. The largest absolute Gasteiger partial charge is 0.344 e. The molecule has 2 atom stereocenters. The summed E-state index contributed by atoms with van der Waals surface area (Å²) in [7, 11) is 0. The summed E-state index contributed by atoms with van der Waals surface area (Å²) in [6.07, 6.45) is 12.1. The number of hydrogen-bond acceptors (Lipinski definition) is 3. The van der Waals surface area contributed by atoms with E-state index in [-0.39, 0.29) is 0 Å². The van der Waals surface area contributed by atoms with Crippen molar-refractivity contribution in [2.24, 2.45) is 10.9 Å². The Balaban J connectivity index is 1.82. The Morgan fingerprint density at radius 1 is 1.33 bits per heavy atom. The first-order valence-electron chi connectivity index (χ1n) is 5.59. The van der Waals surface area contributed by atoms with Crippen molar-refractivity contribution >= 4 is 6.21 Å². The standard InChI is InChI=1S/C12H15NO2/c1-4-11-10(3-2-6-13-11)9-12(5-1)14-7-8-15-12/h1,5-6,10-11H,3-4,7-9H2. The van der Waals surface area contributed by atoms with E-state index in [0.29, 0.717) is 25.2 Å². The lowest BCUT2D eigenvalue weighted by molar-refractivity contribution is -0.129. The van der Waals surface area contributed by atoms with Crippen LogP contribution in [0.2, 0.25) is 0 Å². The molecule has 2 unspecified atom stereocenters. The van der Waals surface area contributed by atoms with Gasteiger partial charge in [-0.2, -0.15) is 0 Å². The number of hydrogen-bond donors (Lipinski definition) is 0. The summed E-state index contributed by atoms with van der Waals surface area (Å²) < 4.78 is 11.4. The van der Waals surface area contributed by atoms with Gasteiger partial charge in [0.2, 0.25) is 0 Å². The number of aliphatic imine (C=N–C) groups is 1. The maximum Gasteiger partial charge on any atom is 0.188 e. The number of rotatable bonds is 0. The molecule has 0 aromatic carbocycles. The summed E-state index contributed by atoms with van der Waals surface area (Å²) in [5.41, 5.74) is 0. The van der Waals surface area contributed by atoms with E-state index < -0.39 is 5.79 Å². The number of ether oxygens (including phenoxy) is 2. The van der Waals surface area contributed by atoms with Crippen molar-refractivity contribution in [3.8, 4) is 0 Å². The second kappa shape index (κ2) is 3.72. The van der Waals surface area contributed by atoms with Gasteiger partial charge in [0, 0.05) is 19.1 Å². The fourth-order valence-electron chi connectivity index (χ4n) is 2.58. The highest BCUT2D eigenvalue weighted by Crippen LogP contribution is 2.37. The smallest absolute Gasteiger partial charge is 0.188 e. The molecule has 1 saturated heterocycles. The van der Waals surface area contributed by atoms with Gasteiger partial charge in [0.05, 0.1) is 19.3 Å². The first kappa shape index (κ1) is 9.55. The molecule has 15 heavy (non-hydrogen) atoms. The molecule has 2 radical (unpaired) electrons. The van der Waals surface area contributed by atoms with E-state index >= 15 is 0 Å². The molecule has 2 heterocycles. The Labute approximate surface area is 90.2 Å². The first-order valence-corrected chi connectivity index (χ1v) is 5.59. The Hall–Kier alpha value is -0.670. The zero-order valence-corrected chi connectivity index (χ0v) is 8.69. The molecule has 0 aromatic rings. The fraction of sp³-hybridized carbons (Fsp3) is 0.667. The maximum absolute atomic E-state index is 5.72. The van der Waals surface area contributed by atoms with Crippen molar-refractivity contribution in [1.82, 2.24) is 0 Å². The minimum atomic E-state index is -0.450. The topological polar surface area (TPSA) is 30.8 Å². The van der Waals surface area contributed by atoms with Gasteiger partial charge in [-0.15, -0.1) is 0 Å². The zero-order chi connectivity index (χ0) is 10.1. The summed E-state index contributed by atoms with van der Waals surface area (Å²) in [5.74, 6) is 0.0663. The van der Waals surface area contributed by atoms with Crippen LogP contribution in [-0.2, 0) is 9.47 Å². The van der Waals surface area contributed by atoms with Crippen LogP contribution in [0.3, 0.4) is 0 Å². The van der Waals surface area contributed by atoms with E-state index in [1.54, 1.807) is 0 Å². The Bertz CT molecular complexity index is 292. The van der Waals surface area contributed by atoms with Crippen LogP contribution in [0.15, 0.2) is 17.1 Å². The van der Waals surface area contributed by atoms with Crippen LogP contribution < -0.4 is 0 Å². The molecular weight excluding hydrogens is 190 g/mol. The molecule has 2 aliphatic heterocycles. The van der Waals surface area contributed by atoms with Gasteiger partial charge in [-0.05, 0) is 24.8 Å². The summed E-state index contributed by atoms with van der Waals surface area (Å²) in [6, 6.07) is 0.398. The average molecular weight is 205 g/mol. The lowest BCUT2D eigenvalue weighted by Crippen LogP contribution is -2.33. The monoisotopic (exact) mass is 205 g/mol. The van der Waals surface area contributed by atoms with E-state index in [1.165, 1.54) is 0 Å². The molecule has 1 aliphatic carbocycles. The molecule has 0 saturated carbocycles. The third kappa shape index (κ3) is 1.74. The quantitative estimate of drug-likeness (QED) is 0.563. The molecule has 80 valence electrons. The van der Waals surface area contributed by atoms with E-state index in [0.717, 1.165) is 19.3 Å². The van der Waals surface area contributed by atoms with Gasteiger partial charge < -0.3 is 9.47 Å². The van der Waals surface area contributed by atoms with Gasteiger partial charge in [-0.25, -0.2) is 0 Å². The molecular formula is C12H15NO2. The second-order valence-electron chi connectivity index (χ2n) is 4.36. The minimum absolute atomic E-state index is 0.398. The van der Waals surface area contributed by atoms with Gasteiger partial charge in [0.15, 0.2) is 5.79 Å². The fourth-order valence-corrected chi connectivity index (χ4v) is 2.58. The second-order valence-corrected chi connectivity index (χ2v) is 4.36. The number of nitrogens with zero attached hydrogens (tertiary/aromatic N) is 1. The molecule has 1 fully saturated rings. The average Bonchev–Trinajstić information content (AvgIpc) is 2.61. The molecule has 0 N–H and O–H groups in total. The zero-order valence-electron chi connectivity index (χ0n) is 8.69. The highest BCUT2D eigenvalue weighted by atomic mass is 16.7. The van der Waals surface area contributed by atoms with Crippen LogP contribution in [0.1, 0.15) is 19.3 Å². The maximum atomic E-state index is 5.72. The van der Waals surface area contributed by atoms with Crippen LogP contribution in [0.5, 0.6) is 0 Å². The normalized spacial score (nSPS) is 37.9. The predicted octanol–water partition coefficient (Wildman–Crippen LogP) is 1.62. The van der Waals surface area contributed by atoms with Crippen LogP contribution >= 0.6 is 0 Å². The molecule has 3 rings (SSSR count). The van der Waals surface area contributed by atoms with E-state index in [9.17, 15) is 0 Å². The molecule has 3 nitrogen and oxygen atoms in total. The highest BCUT2D eigenvalue weighted by Gasteiger charge is 2.40. The molecule has 1 spiro atoms. The van der Waals surface area contributed by atoms with Crippen molar-refractivity contribution in [3.05, 3.63) is 18.6 Å². The van der Waals surface area contributed by atoms with Crippen LogP contribution in [-0.4, -0.2) is 31.3 Å². The van der Waals surface area contributed by atoms with Gasteiger partial charge in [0.1, 0.15) is 0 Å². The molecule has 0 bridgehead atoms. The lowest BCUT2D eigenvalue weighted by atomic mass is 9.87. The Morgan fingerprint density at radius 3 is 3.07 bits per heavy atom. The molecule has 0 amide bonds. The summed E-state index contributed by atoms with van der Waals surface area (Å²) in [4.78, 5) is 4.47. The van der Waals surface area contributed by atoms with Crippen LogP contribution in [0.4, 0.5) is 0 Å². The first-order chi connectivity index (χ1) is 7.38. The van der Waals surface area contributed by atoms with Crippen LogP contribution in [0, 0.1) is 12.3 Å². The van der Waals surface area contributed by atoms with Crippen molar-refractivity contribution in [1.29, 1.82) is 0 Å². The lowest BCUT2D eigenvalue weighted by Gasteiger charge is -2.30. The summed E-state index contributed by atoms with van der Waals surface area (Å²) in [6.45, 7) is 1.41. The third-order valence-corrected chi connectivity index (χ3v) is 3.35. The number of fused-ring (bicyclic) bond motifs is 1. The van der Waals surface area contributed by atoms with Gasteiger partial charge in [-0.3, -0.25) is 4.99 Å². The van der Waals surface area contributed by atoms with Gasteiger partial charge in [0.25, 0.3) is 0 Å². The molecule has 3 heteroatoms. The van der Waals surface area contributed by atoms with Gasteiger partial charge >= 0.3 is 0 Å². The summed E-state index contributed by atoms with van der Waals surface area (Å²) in [5, 5.41) is 0. The molecule has 0 aromatic heterocycles. The minimum Gasteiger partial charge on any atom is -0.344 e. The van der Waals surface area contributed by atoms with Crippen molar-refractivity contribution in [2.75, 3.05) is 13.2 Å². The predicted molar refractivity (Wildman–Crippen MR) is 56.6 cm³/mol. The van der Waals surface area contributed by atoms with Crippen LogP contribution in [0.25, 0.3) is 0 Å². The summed E-state index contributed by atoms with van der Waals surface area (Å²) >= 11 is 0. The third-order valence-electron chi connectivity index (χ3n) is 3.35. The van der Waals surface area contributed by atoms with E-state index in [4.69, 9.17) is 9.47 Å². The van der Waals surface area contributed by atoms with E-state index in [1.807, 2.05) is 6.21 Å². The van der Waals surface area contributed by atoms with Crippen molar-refractivity contribution in [2.45, 2.75) is 31.1 Å². The molecule has 3 aliphatic rings. The van der Waals surface area contributed by atoms with Gasteiger partial charge in [-0.1, -0.05) is 6.08 Å². The Kier molecular flexibility index (Phi) is 2.37. The van der Waals surface area contributed by atoms with Crippen molar-refractivity contribution in [3.63, 3.8) is 0 Å². The van der Waals surface area contributed by atoms with Crippen molar-refractivity contribution < 1.29 is 9.47 Å².